The molecule has 156 valence electrons. The average molecular weight is 449 g/mol. The molecule has 0 bridgehead atoms. The lowest BCUT2D eigenvalue weighted by Gasteiger charge is -2.22. The number of anilines is 1. The van der Waals surface area contributed by atoms with Crippen molar-refractivity contribution in [3.8, 4) is 0 Å². The molecule has 8 heteroatoms. The Kier molecular flexibility index (Phi) is 5.48. The minimum absolute atomic E-state index is 0.183. The Hall–Kier alpha value is -3.10. The van der Waals surface area contributed by atoms with Crippen LogP contribution in [-0.2, 0) is 11.2 Å². The molecule has 1 N–H and O–H groups in total. The molecule has 2 aromatic carbocycles. The molecule has 3 heterocycles. The van der Waals surface area contributed by atoms with Gasteiger partial charge in [0.25, 0.3) is 5.91 Å². The van der Waals surface area contributed by atoms with Crippen LogP contribution in [0.5, 0.6) is 0 Å². The third kappa shape index (κ3) is 4.22. The van der Waals surface area contributed by atoms with E-state index in [0.29, 0.717) is 30.2 Å². The van der Waals surface area contributed by atoms with Gasteiger partial charge in [0.05, 0.1) is 15.2 Å². The van der Waals surface area contributed by atoms with Crippen molar-refractivity contribution in [1.29, 1.82) is 0 Å². The summed E-state index contributed by atoms with van der Waals surface area (Å²) < 4.78 is 1.02. The third-order valence-corrected chi connectivity index (χ3v) is 7.11. The van der Waals surface area contributed by atoms with Gasteiger partial charge in [-0.1, -0.05) is 53.8 Å². The number of hydrogen-bond acceptors (Lipinski definition) is 6. The number of benzene rings is 2. The topological polar surface area (TPSA) is 75.2 Å². The molecule has 6 nitrogen and oxygen atoms in total. The molecule has 0 spiro atoms. The summed E-state index contributed by atoms with van der Waals surface area (Å²) in [7, 11) is 0. The van der Waals surface area contributed by atoms with Gasteiger partial charge in [-0.05, 0) is 30.5 Å². The second-order valence-corrected chi connectivity index (χ2v) is 9.39. The Labute approximate surface area is 187 Å². The number of carbonyl (C=O) groups excluding carboxylic acids is 2. The van der Waals surface area contributed by atoms with Crippen molar-refractivity contribution in [3.63, 3.8) is 0 Å². The minimum Gasteiger partial charge on any atom is -0.325 e. The predicted octanol–water partition coefficient (Wildman–Crippen LogP) is 4.59. The Morgan fingerprint density at radius 1 is 1.06 bits per heavy atom. The van der Waals surface area contributed by atoms with E-state index in [2.05, 4.69) is 15.3 Å². The van der Waals surface area contributed by atoms with Gasteiger partial charge in [-0.15, -0.1) is 11.3 Å². The van der Waals surface area contributed by atoms with E-state index >= 15 is 0 Å². The first-order valence-corrected chi connectivity index (χ1v) is 11.8. The van der Waals surface area contributed by atoms with Crippen LogP contribution in [0.2, 0.25) is 0 Å². The van der Waals surface area contributed by atoms with Crippen LogP contribution in [0.3, 0.4) is 0 Å². The molecule has 2 amide bonds. The van der Waals surface area contributed by atoms with Crippen LogP contribution in [0.25, 0.3) is 10.2 Å². The van der Waals surface area contributed by atoms with Crippen molar-refractivity contribution in [2.45, 2.75) is 25.3 Å². The third-order valence-electron chi connectivity index (χ3n) is 5.31. The van der Waals surface area contributed by atoms with Gasteiger partial charge in [0.15, 0.2) is 5.13 Å². The van der Waals surface area contributed by atoms with Crippen molar-refractivity contribution < 1.29 is 9.59 Å². The number of likely N-dealkylation sites (tertiary alicyclic amines) is 1. The number of aromatic nitrogens is 2. The molecule has 5 rings (SSSR count). The standard InChI is InChI=1S/C23H20N4O2S2/c28-21(26-23-25-16-9-4-5-11-19(16)31-23)18-10-6-12-27(18)22(29)17-14-30-20(24-17)13-15-7-2-1-3-8-15/h1-5,7-9,11,14,18H,6,10,12-13H2,(H,25,26,28). The molecule has 1 saturated heterocycles. The molecular formula is C23H20N4O2S2. The van der Waals surface area contributed by atoms with Crippen molar-refractivity contribution in [2.24, 2.45) is 0 Å². The van der Waals surface area contributed by atoms with E-state index in [1.807, 2.05) is 54.6 Å². The molecule has 1 fully saturated rings. The lowest BCUT2D eigenvalue weighted by Crippen LogP contribution is -2.43. The highest BCUT2D eigenvalue weighted by Crippen LogP contribution is 2.27. The number of rotatable bonds is 5. The molecule has 1 unspecified atom stereocenters. The highest BCUT2D eigenvalue weighted by molar-refractivity contribution is 7.22. The van der Waals surface area contributed by atoms with Crippen LogP contribution in [0, 0.1) is 0 Å². The van der Waals surface area contributed by atoms with E-state index in [1.54, 1.807) is 10.3 Å². The number of nitrogens with one attached hydrogen (secondary N) is 1. The van der Waals surface area contributed by atoms with Crippen molar-refractivity contribution in [2.75, 3.05) is 11.9 Å². The van der Waals surface area contributed by atoms with E-state index in [0.717, 1.165) is 27.2 Å². The van der Waals surface area contributed by atoms with Gasteiger partial charge in [0.2, 0.25) is 5.91 Å². The van der Waals surface area contributed by atoms with E-state index in [1.165, 1.54) is 22.7 Å². The first-order valence-electron chi connectivity index (χ1n) is 10.1. The molecule has 1 atom stereocenters. The largest absolute Gasteiger partial charge is 0.325 e. The van der Waals surface area contributed by atoms with E-state index in [4.69, 9.17) is 0 Å². The first kappa shape index (κ1) is 19.8. The fourth-order valence-corrected chi connectivity index (χ4v) is 5.48. The van der Waals surface area contributed by atoms with Crippen LogP contribution in [0.1, 0.15) is 33.9 Å². The highest BCUT2D eigenvalue weighted by atomic mass is 32.1. The zero-order valence-electron chi connectivity index (χ0n) is 16.7. The maximum atomic E-state index is 13.1. The first-order chi connectivity index (χ1) is 15.2. The number of carbonyl (C=O) groups is 2. The molecule has 31 heavy (non-hydrogen) atoms. The Morgan fingerprint density at radius 3 is 2.71 bits per heavy atom. The molecule has 0 radical (unpaired) electrons. The number of amides is 2. The maximum Gasteiger partial charge on any atom is 0.274 e. The number of fused-ring (bicyclic) bond motifs is 1. The van der Waals surface area contributed by atoms with Gasteiger partial charge in [-0.25, -0.2) is 9.97 Å². The van der Waals surface area contributed by atoms with Crippen molar-refractivity contribution in [3.05, 3.63) is 76.2 Å². The number of nitrogens with zero attached hydrogens (tertiary/aromatic N) is 3. The second-order valence-electron chi connectivity index (χ2n) is 7.42. The van der Waals surface area contributed by atoms with E-state index in [9.17, 15) is 9.59 Å². The van der Waals surface area contributed by atoms with Gasteiger partial charge in [0.1, 0.15) is 11.7 Å². The molecule has 4 aromatic rings. The summed E-state index contributed by atoms with van der Waals surface area (Å²) >= 11 is 2.92. The summed E-state index contributed by atoms with van der Waals surface area (Å²) in [5.41, 5.74) is 2.43. The molecule has 1 aliphatic heterocycles. The summed E-state index contributed by atoms with van der Waals surface area (Å²) in [6.45, 7) is 0.558. The predicted molar refractivity (Wildman–Crippen MR) is 124 cm³/mol. The normalized spacial score (nSPS) is 16.0. The van der Waals surface area contributed by atoms with Gasteiger partial charge in [0, 0.05) is 18.3 Å². The fourth-order valence-electron chi connectivity index (χ4n) is 3.80. The summed E-state index contributed by atoms with van der Waals surface area (Å²) in [5, 5.41) is 6.15. The SMILES string of the molecule is O=C(Nc1nc2ccccc2s1)C1CCCN1C(=O)c1csc(Cc2ccccc2)n1. The minimum atomic E-state index is -0.501. The highest BCUT2D eigenvalue weighted by Gasteiger charge is 2.35. The lowest BCUT2D eigenvalue weighted by atomic mass is 10.2. The number of hydrogen-bond donors (Lipinski definition) is 1. The van der Waals surface area contributed by atoms with Crippen LogP contribution in [0.15, 0.2) is 60.0 Å². The van der Waals surface area contributed by atoms with Crippen LogP contribution in [-0.4, -0.2) is 39.3 Å². The fraction of sp³-hybridized carbons (Fsp3) is 0.217. The zero-order chi connectivity index (χ0) is 21.2. The number of thiazole rings is 2. The van der Waals surface area contributed by atoms with Gasteiger partial charge >= 0.3 is 0 Å². The average Bonchev–Trinajstić information content (AvgIpc) is 3.53. The summed E-state index contributed by atoms with van der Waals surface area (Å²) in [4.78, 5) is 36.7. The molecule has 2 aromatic heterocycles. The quantitative estimate of drug-likeness (QED) is 0.485. The van der Waals surface area contributed by atoms with E-state index in [-0.39, 0.29) is 11.8 Å². The Morgan fingerprint density at radius 2 is 1.87 bits per heavy atom. The summed E-state index contributed by atoms with van der Waals surface area (Å²) in [5.74, 6) is -0.373. The molecule has 0 aliphatic carbocycles. The lowest BCUT2D eigenvalue weighted by molar-refractivity contribution is -0.119. The number of para-hydroxylation sites is 1. The smallest absolute Gasteiger partial charge is 0.274 e. The van der Waals surface area contributed by atoms with Gasteiger partial charge in [-0.3, -0.25) is 9.59 Å². The van der Waals surface area contributed by atoms with Crippen molar-refractivity contribution in [1.82, 2.24) is 14.9 Å². The van der Waals surface area contributed by atoms with Gasteiger partial charge < -0.3 is 10.2 Å². The molecule has 1 aliphatic rings. The second kappa shape index (κ2) is 8.56. The van der Waals surface area contributed by atoms with Crippen molar-refractivity contribution >= 4 is 49.8 Å². The Balaban J connectivity index is 1.28. The van der Waals surface area contributed by atoms with Crippen LogP contribution in [0.4, 0.5) is 5.13 Å². The molecular weight excluding hydrogens is 428 g/mol. The van der Waals surface area contributed by atoms with Crippen LogP contribution >= 0.6 is 22.7 Å². The zero-order valence-corrected chi connectivity index (χ0v) is 18.3. The van der Waals surface area contributed by atoms with Crippen LogP contribution < -0.4 is 5.32 Å². The maximum absolute atomic E-state index is 13.1. The Bertz CT molecular complexity index is 1200. The molecule has 0 saturated carbocycles. The summed E-state index contributed by atoms with van der Waals surface area (Å²) in [6.07, 6.45) is 2.13. The van der Waals surface area contributed by atoms with Gasteiger partial charge in [-0.2, -0.15) is 0 Å². The summed E-state index contributed by atoms with van der Waals surface area (Å²) in [6, 6.07) is 17.3. The van der Waals surface area contributed by atoms with E-state index < -0.39 is 6.04 Å². The monoisotopic (exact) mass is 448 g/mol.